The molecule has 1 aromatic rings. The number of rotatable bonds is 8. The molecule has 0 saturated carbocycles. The first-order valence-corrected chi connectivity index (χ1v) is 6.42. The van der Waals surface area contributed by atoms with Gasteiger partial charge in [0.25, 0.3) is 5.91 Å². The third kappa shape index (κ3) is 6.16. The Bertz CT molecular complexity index is 432. The summed E-state index contributed by atoms with van der Waals surface area (Å²) in [6.07, 6.45) is 0.550. The van der Waals surface area contributed by atoms with Crippen LogP contribution < -0.4 is 10.1 Å². The zero-order chi connectivity index (χ0) is 15.0. The third-order valence-corrected chi connectivity index (χ3v) is 2.76. The van der Waals surface area contributed by atoms with E-state index in [1.807, 2.05) is 0 Å². The number of carbonyl (C=O) groups excluding carboxylic acids is 1. The Morgan fingerprint density at radius 1 is 1.45 bits per heavy atom. The maximum Gasteiger partial charge on any atom is 0.387 e. The van der Waals surface area contributed by atoms with Gasteiger partial charge in [-0.25, -0.2) is 0 Å². The van der Waals surface area contributed by atoms with Crippen LogP contribution in [-0.4, -0.2) is 38.2 Å². The molecule has 0 aliphatic rings. The summed E-state index contributed by atoms with van der Waals surface area (Å²) >= 11 is 5.91. The van der Waals surface area contributed by atoms with Crippen LogP contribution >= 0.6 is 11.6 Å². The van der Waals surface area contributed by atoms with Gasteiger partial charge in [0.1, 0.15) is 5.75 Å². The first kappa shape index (κ1) is 16.7. The summed E-state index contributed by atoms with van der Waals surface area (Å²) < 4.78 is 33.2. The molecule has 0 spiro atoms. The predicted octanol–water partition coefficient (Wildman–Crippen LogP) is 2.66. The second-order valence-corrected chi connectivity index (χ2v) is 4.62. The Labute approximate surface area is 121 Å². The van der Waals surface area contributed by atoms with E-state index in [2.05, 4.69) is 10.1 Å². The van der Waals surface area contributed by atoms with Crippen molar-refractivity contribution in [2.24, 2.45) is 0 Å². The standard InChI is InChI=1S/C13H16ClF2NO3/c1-19-8-10(14)5-6-17-12(18)9-3-2-4-11(7-9)20-13(15)16/h2-4,7,10,13H,5-6,8H2,1H3,(H,17,18). The molecule has 1 rings (SSSR count). The quantitative estimate of drug-likeness (QED) is 0.751. The molecule has 7 heteroatoms. The molecule has 1 N–H and O–H groups in total. The molecular weight excluding hydrogens is 292 g/mol. The maximum absolute atomic E-state index is 12.1. The van der Waals surface area contributed by atoms with Crippen LogP contribution in [-0.2, 0) is 4.74 Å². The van der Waals surface area contributed by atoms with E-state index in [9.17, 15) is 13.6 Å². The van der Waals surface area contributed by atoms with Crippen molar-refractivity contribution in [3.63, 3.8) is 0 Å². The Morgan fingerprint density at radius 2 is 2.20 bits per heavy atom. The fourth-order valence-corrected chi connectivity index (χ4v) is 1.76. The molecule has 1 aromatic carbocycles. The van der Waals surface area contributed by atoms with Crippen molar-refractivity contribution in [3.8, 4) is 5.75 Å². The summed E-state index contributed by atoms with van der Waals surface area (Å²) in [5.74, 6) is -0.423. The van der Waals surface area contributed by atoms with Gasteiger partial charge in [0.2, 0.25) is 0 Å². The van der Waals surface area contributed by atoms with Gasteiger partial charge in [0, 0.05) is 19.2 Å². The molecule has 1 unspecified atom stereocenters. The summed E-state index contributed by atoms with van der Waals surface area (Å²) in [5, 5.41) is 2.46. The van der Waals surface area contributed by atoms with E-state index in [4.69, 9.17) is 16.3 Å². The molecule has 0 aromatic heterocycles. The number of benzene rings is 1. The highest BCUT2D eigenvalue weighted by Gasteiger charge is 2.10. The average molecular weight is 308 g/mol. The molecule has 1 amide bonds. The summed E-state index contributed by atoms with van der Waals surface area (Å²) in [6, 6.07) is 5.61. The van der Waals surface area contributed by atoms with Crippen molar-refractivity contribution in [3.05, 3.63) is 29.8 Å². The molecule has 0 heterocycles. The Hall–Kier alpha value is -1.40. The number of halogens is 3. The number of nitrogens with one attached hydrogen (secondary N) is 1. The molecule has 112 valence electrons. The van der Waals surface area contributed by atoms with Gasteiger partial charge in [-0.1, -0.05) is 6.07 Å². The van der Waals surface area contributed by atoms with Crippen LogP contribution in [0.4, 0.5) is 8.78 Å². The van der Waals surface area contributed by atoms with Gasteiger partial charge in [-0.3, -0.25) is 4.79 Å². The molecule has 1 atom stereocenters. The van der Waals surface area contributed by atoms with Gasteiger partial charge in [-0.2, -0.15) is 8.78 Å². The van der Waals surface area contributed by atoms with Crippen LogP contribution in [0.2, 0.25) is 0 Å². The molecule has 0 radical (unpaired) electrons. The molecule has 0 aliphatic heterocycles. The highest BCUT2D eigenvalue weighted by Crippen LogP contribution is 2.15. The van der Waals surface area contributed by atoms with Crippen molar-refractivity contribution < 1.29 is 23.0 Å². The lowest BCUT2D eigenvalue weighted by molar-refractivity contribution is -0.0498. The van der Waals surface area contributed by atoms with Crippen LogP contribution in [0, 0.1) is 0 Å². The fourth-order valence-electron chi connectivity index (χ4n) is 1.52. The molecule has 20 heavy (non-hydrogen) atoms. The minimum absolute atomic E-state index is 0.0535. The van der Waals surface area contributed by atoms with E-state index in [0.29, 0.717) is 19.6 Å². The number of ether oxygens (including phenoxy) is 2. The number of amides is 1. The van der Waals surface area contributed by atoms with Crippen molar-refractivity contribution in [1.29, 1.82) is 0 Å². The van der Waals surface area contributed by atoms with E-state index in [-0.39, 0.29) is 22.6 Å². The minimum Gasteiger partial charge on any atom is -0.435 e. The summed E-state index contributed by atoms with van der Waals surface area (Å²) in [4.78, 5) is 11.8. The Morgan fingerprint density at radius 3 is 2.85 bits per heavy atom. The fraction of sp³-hybridized carbons (Fsp3) is 0.462. The Kier molecular flexibility index (Phi) is 7.25. The van der Waals surface area contributed by atoms with Gasteiger partial charge in [0.05, 0.1) is 12.0 Å². The lowest BCUT2D eigenvalue weighted by Crippen LogP contribution is -2.27. The zero-order valence-corrected chi connectivity index (χ0v) is 11.7. The van der Waals surface area contributed by atoms with E-state index in [1.54, 1.807) is 7.11 Å². The SMILES string of the molecule is COCC(Cl)CCNC(=O)c1cccc(OC(F)F)c1. The van der Waals surface area contributed by atoms with Gasteiger partial charge < -0.3 is 14.8 Å². The normalized spacial score (nSPS) is 12.2. The lowest BCUT2D eigenvalue weighted by atomic mass is 10.2. The topological polar surface area (TPSA) is 47.6 Å². The van der Waals surface area contributed by atoms with E-state index in [0.717, 1.165) is 0 Å². The van der Waals surface area contributed by atoms with Crippen molar-refractivity contribution in [2.75, 3.05) is 20.3 Å². The molecular formula is C13H16ClF2NO3. The molecule has 0 bridgehead atoms. The van der Waals surface area contributed by atoms with Crippen molar-refractivity contribution in [2.45, 2.75) is 18.4 Å². The van der Waals surface area contributed by atoms with Crippen LogP contribution in [0.5, 0.6) is 5.75 Å². The second kappa shape index (κ2) is 8.71. The number of alkyl halides is 3. The van der Waals surface area contributed by atoms with Gasteiger partial charge in [-0.05, 0) is 24.6 Å². The number of hydrogen-bond acceptors (Lipinski definition) is 3. The molecule has 0 aliphatic carbocycles. The predicted molar refractivity (Wildman–Crippen MR) is 71.5 cm³/mol. The van der Waals surface area contributed by atoms with Crippen LogP contribution in [0.1, 0.15) is 16.8 Å². The van der Waals surface area contributed by atoms with Crippen LogP contribution in [0.15, 0.2) is 24.3 Å². The van der Waals surface area contributed by atoms with Gasteiger partial charge in [0.15, 0.2) is 0 Å². The number of hydrogen-bond donors (Lipinski definition) is 1. The zero-order valence-electron chi connectivity index (χ0n) is 10.9. The second-order valence-electron chi connectivity index (χ2n) is 4.00. The minimum atomic E-state index is -2.92. The first-order chi connectivity index (χ1) is 9.52. The van der Waals surface area contributed by atoms with E-state index >= 15 is 0 Å². The Balaban J connectivity index is 2.47. The summed E-state index contributed by atoms with van der Waals surface area (Å²) in [5.41, 5.74) is 0.251. The largest absolute Gasteiger partial charge is 0.435 e. The number of carbonyl (C=O) groups is 1. The van der Waals surface area contributed by atoms with Crippen LogP contribution in [0.25, 0.3) is 0 Å². The summed E-state index contributed by atoms with van der Waals surface area (Å²) in [7, 11) is 1.54. The molecule has 4 nitrogen and oxygen atoms in total. The third-order valence-electron chi connectivity index (χ3n) is 2.41. The molecule has 0 fully saturated rings. The van der Waals surface area contributed by atoms with Crippen molar-refractivity contribution >= 4 is 17.5 Å². The summed E-state index contributed by atoms with van der Waals surface area (Å²) in [6.45, 7) is -2.15. The van der Waals surface area contributed by atoms with Gasteiger partial charge >= 0.3 is 6.61 Å². The highest BCUT2D eigenvalue weighted by molar-refractivity contribution is 6.20. The average Bonchev–Trinajstić information content (AvgIpc) is 2.38. The number of methoxy groups -OCH3 is 1. The van der Waals surface area contributed by atoms with Gasteiger partial charge in [-0.15, -0.1) is 11.6 Å². The van der Waals surface area contributed by atoms with Crippen LogP contribution in [0.3, 0.4) is 0 Å². The lowest BCUT2D eigenvalue weighted by Gasteiger charge is -2.10. The highest BCUT2D eigenvalue weighted by atomic mass is 35.5. The first-order valence-electron chi connectivity index (χ1n) is 5.99. The maximum atomic E-state index is 12.1. The monoisotopic (exact) mass is 307 g/mol. The van der Waals surface area contributed by atoms with E-state index < -0.39 is 6.61 Å². The van der Waals surface area contributed by atoms with Crippen molar-refractivity contribution in [1.82, 2.24) is 5.32 Å². The smallest absolute Gasteiger partial charge is 0.387 e. The molecule has 0 saturated heterocycles. The van der Waals surface area contributed by atoms with E-state index in [1.165, 1.54) is 24.3 Å².